The number of carbonyl (C=O) groups is 1. The Hall–Kier alpha value is -2.79. The van der Waals surface area contributed by atoms with Crippen molar-refractivity contribution >= 4 is 40.9 Å². The van der Waals surface area contributed by atoms with Crippen molar-refractivity contribution < 1.29 is 18.8 Å². The topological polar surface area (TPSA) is 41.8 Å². The smallest absolute Gasteiger partial charge is 0.431 e. The summed E-state index contributed by atoms with van der Waals surface area (Å²) < 4.78 is 13.1. The van der Waals surface area contributed by atoms with E-state index in [0.717, 1.165) is 47.2 Å². The Morgan fingerprint density at radius 3 is 2.44 bits per heavy atom. The van der Waals surface area contributed by atoms with Gasteiger partial charge in [-0.25, -0.2) is 4.79 Å². The van der Waals surface area contributed by atoms with Gasteiger partial charge in [0, 0.05) is 53.1 Å². The van der Waals surface area contributed by atoms with E-state index in [0.29, 0.717) is 5.75 Å². The Labute approximate surface area is 208 Å². The second kappa shape index (κ2) is 10.6. The van der Waals surface area contributed by atoms with Gasteiger partial charge >= 0.3 is 6.16 Å². The van der Waals surface area contributed by atoms with Crippen molar-refractivity contribution in [3.05, 3.63) is 58.6 Å². The maximum absolute atomic E-state index is 12.3. The standard InChI is InChI=1S/C28H36ClN2O3/c1-8-28(6)23-17-21(29)13-15-24(23)30(7)26(28)16-12-20-11-14-22(31(9-2)10-3)18-25(20)34-27(32)33-19(4)5/h11-19H,8-10H2,1-7H3/q+1. The Balaban J connectivity index is 2.03. The Kier molecular flexibility index (Phi) is 8.09. The molecule has 2 aromatic rings. The van der Waals surface area contributed by atoms with Gasteiger partial charge in [-0.15, -0.1) is 0 Å². The molecule has 0 saturated heterocycles. The summed E-state index contributed by atoms with van der Waals surface area (Å²) in [5.74, 6) is 0.478. The van der Waals surface area contributed by atoms with E-state index >= 15 is 0 Å². The van der Waals surface area contributed by atoms with Crippen LogP contribution in [0.1, 0.15) is 59.1 Å². The van der Waals surface area contributed by atoms with E-state index in [1.54, 1.807) is 13.8 Å². The van der Waals surface area contributed by atoms with Crippen molar-refractivity contribution in [1.29, 1.82) is 0 Å². The van der Waals surface area contributed by atoms with Crippen LogP contribution >= 0.6 is 11.6 Å². The first-order chi connectivity index (χ1) is 16.1. The van der Waals surface area contributed by atoms with Gasteiger partial charge in [-0.3, -0.25) is 0 Å². The Morgan fingerprint density at radius 2 is 1.82 bits per heavy atom. The lowest BCUT2D eigenvalue weighted by molar-refractivity contribution is -0.401. The number of benzene rings is 2. The highest BCUT2D eigenvalue weighted by Crippen LogP contribution is 2.43. The molecular weight excluding hydrogens is 448 g/mol. The summed E-state index contributed by atoms with van der Waals surface area (Å²) in [5, 5.41) is 0.739. The van der Waals surface area contributed by atoms with Gasteiger partial charge in [-0.05, 0) is 71.4 Å². The summed E-state index contributed by atoms with van der Waals surface area (Å²) in [4.78, 5) is 14.5. The van der Waals surface area contributed by atoms with Gasteiger partial charge < -0.3 is 14.4 Å². The second-order valence-corrected chi connectivity index (χ2v) is 9.47. The van der Waals surface area contributed by atoms with Crippen molar-refractivity contribution in [2.45, 2.75) is 59.5 Å². The van der Waals surface area contributed by atoms with Crippen LogP contribution in [-0.4, -0.2) is 42.7 Å². The number of hydrogen-bond donors (Lipinski definition) is 0. The lowest BCUT2D eigenvalue weighted by Gasteiger charge is -2.22. The number of fused-ring (bicyclic) bond motifs is 1. The lowest BCUT2D eigenvalue weighted by Crippen LogP contribution is -2.29. The highest BCUT2D eigenvalue weighted by atomic mass is 35.5. The largest absolute Gasteiger partial charge is 0.514 e. The zero-order valence-corrected chi connectivity index (χ0v) is 22.1. The first kappa shape index (κ1) is 25.8. The minimum Gasteiger partial charge on any atom is -0.431 e. The molecule has 3 rings (SSSR count). The highest BCUT2D eigenvalue weighted by Gasteiger charge is 2.45. The molecule has 182 valence electrons. The molecule has 34 heavy (non-hydrogen) atoms. The first-order valence-corrected chi connectivity index (χ1v) is 12.4. The predicted molar refractivity (Wildman–Crippen MR) is 141 cm³/mol. The van der Waals surface area contributed by atoms with Crippen LogP contribution in [0.5, 0.6) is 5.75 Å². The number of hydrogen-bond acceptors (Lipinski definition) is 4. The SMILES string of the molecule is CCN(CC)c1ccc(/C=C/C2=[N+](C)c3ccc(Cl)cc3C2(C)CC)c(OC(=O)OC(C)C)c1. The van der Waals surface area contributed by atoms with E-state index < -0.39 is 6.16 Å². The second-order valence-electron chi connectivity index (χ2n) is 9.04. The molecule has 0 spiro atoms. The molecular formula is C28H36ClN2O3+. The van der Waals surface area contributed by atoms with Crippen molar-refractivity contribution in [1.82, 2.24) is 0 Å². The van der Waals surface area contributed by atoms with Crippen LogP contribution in [0.25, 0.3) is 6.08 Å². The number of halogens is 1. The van der Waals surface area contributed by atoms with Gasteiger partial charge in [0.05, 0.1) is 11.5 Å². The van der Waals surface area contributed by atoms with Crippen LogP contribution in [0, 0.1) is 0 Å². The molecule has 0 amide bonds. The van der Waals surface area contributed by atoms with Gasteiger partial charge in [0.15, 0.2) is 5.71 Å². The molecule has 1 unspecified atom stereocenters. The van der Waals surface area contributed by atoms with Crippen molar-refractivity contribution in [2.24, 2.45) is 0 Å². The first-order valence-electron chi connectivity index (χ1n) is 12.0. The highest BCUT2D eigenvalue weighted by molar-refractivity contribution is 6.30. The fraction of sp³-hybridized carbons (Fsp3) is 0.429. The number of carbonyl (C=O) groups excluding carboxylic acids is 1. The van der Waals surface area contributed by atoms with E-state index in [1.165, 1.54) is 5.56 Å². The van der Waals surface area contributed by atoms with Crippen LogP contribution in [0.4, 0.5) is 16.2 Å². The zero-order valence-electron chi connectivity index (χ0n) is 21.3. The minimum atomic E-state index is -0.701. The average molecular weight is 484 g/mol. The Morgan fingerprint density at radius 1 is 1.12 bits per heavy atom. The third-order valence-electron chi connectivity index (χ3n) is 6.62. The van der Waals surface area contributed by atoms with Crippen molar-refractivity contribution in [2.75, 3.05) is 25.0 Å². The summed E-state index contributed by atoms with van der Waals surface area (Å²) >= 11 is 6.34. The summed E-state index contributed by atoms with van der Waals surface area (Å²) in [6.07, 6.45) is 4.10. The monoisotopic (exact) mass is 483 g/mol. The average Bonchev–Trinajstić information content (AvgIpc) is 3.00. The quantitative estimate of drug-likeness (QED) is 0.226. The summed E-state index contributed by atoms with van der Waals surface area (Å²) in [6.45, 7) is 14.0. The number of nitrogens with zero attached hydrogens (tertiary/aromatic N) is 2. The van der Waals surface area contributed by atoms with Gasteiger partial charge in [0.25, 0.3) is 0 Å². The van der Waals surface area contributed by atoms with E-state index in [-0.39, 0.29) is 11.5 Å². The summed E-state index contributed by atoms with van der Waals surface area (Å²) in [7, 11) is 2.08. The lowest BCUT2D eigenvalue weighted by atomic mass is 9.77. The van der Waals surface area contributed by atoms with Crippen LogP contribution in [0.15, 0.2) is 42.5 Å². The molecule has 0 N–H and O–H groups in total. The Bertz CT molecular complexity index is 1120. The van der Waals surface area contributed by atoms with E-state index in [1.807, 2.05) is 24.3 Å². The normalized spacial score (nSPS) is 17.4. The molecule has 0 radical (unpaired) electrons. The van der Waals surface area contributed by atoms with Gasteiger partial charge in [0.1, 0.15) is 12.8 Å². The number of rotatable bonds is 8. The molecule has 0 fully saturated rings. The minimum absolute atomic E-state index is 0.176. The molecule has 0 aliphatic carbocycles. The maximum atomic E-state index is 12.3. The van der Waals surface area contributed by atoms with Crippen LogP contribution in [0.2, 0.25) is 5.02 Å². The third-order valence-corrected chi connectivity index (χ3v) is 6.86. The van der Waals surface area contributed by atoms with Crippen LogP contribution in [0.3, 0.4) is 0 Å². The molecule has 5 nitrogen and oxygen atoms in total. The predicted octanol–water partition coefficient (Wildman–Crippen LogP) is 7.22. The molecule has 1 atom stereocenters. The van der Waals surface area contributed by atoms with Gasteiger partial charge in [0.2, 0.25) is 5.69 Å². The fourth-order valence-electron chi connectivity index (χ4n) is 4.56. The summed E-state index contributed by atoms with van der Waals surface area (Å²) in [5.41, 5.74) is 5.17. The van der Waals surface area contributed by atoms with E-state index in [4.69, 9.17) is 21.1 Å². The van der Waals surface area contributed by atoms with Gasteiger partial charge in [-0.1, -0.05) is 18.5 Å². The number of allylic oxidation sites excluding steroid dienone is 1. The molecule has 0 aromatic heterocycles. The van der Waals surface area contributed by atoms with Crippen LogP contribution in [-0.2, 0) is 10.2 Å². The summed E-state index contributed by atoms with van der Waals surface area (Å²) in [6, 6.07) is 12.0. The van der Waals surface area contributed by atoms with Crippen molar-refractivity contribution in [3.8, 4) is 5.75 Å². The molecule has 1 aliphatic heterocycles. The van der Waals surface area contributed by atoms with Crippen LogP contribution < -0.4 is 9.64 Å². The molecule has 2 aromatic carbocycles. The molecule has 6 heteroatoms. The fourth-order valence-corrected chi connectivity index (χ4v) is 4.73. The molecule has 1 heterocycles. The number of ether oxygens (including phenoxy) is 2. The zero-order chi connectivity index (χ0) is 25.0. The molecule has 0 saturated carbocycles. The molecule has 1 aliphatic rings. The van der Waals surface area contributed by atoms with E-state index in [9.17, 15) is 4.79 Å². The van der Waals surface area contributed by atoms with Gasteiger partial charge in [-0.2, -0.15) is 4.58 Å². The molecule has 0 bridgehead atoms. The van der Waals surface area contributed by atoms with E-state index in [2.05, 4.69) is 68.5 Å². The third kappa shape index (κ3) is 5.15. The number of anilines is 1. The maximum Gasteiger partial charge on any atom is 0.514 e. The van der Waals surface area contributed by atoms with Crippen molar-refractivity contribution in [3.63, 3.8) is 0 Å².